The number of ether oxygens (including phenoxy) is 1. The molecule has 0 aromatic heterocycles. The average Bonchev–Trinajstić information content (AvgIpc) is 2.60. The van der Waals surface area contributed by atoms with Crippen LogP contribution in [0.5, 0.6) is 5.75 Å². The first-order valence-electron chi connectivity index (χ1n) is 9.15. The van der Waals surface area contributed by atoms with Crippen LogP contribution in [0.25, 0.3) is 6.08 Å². The molecule has 1 aliphatic rings. The minimum Gasteiger partial charge on any atom is -0.493 e. The van der Waals surface area contributed by atoms with Gasteiger partial charge in [-0.05, 0) is 35.6 Å². The number of carbonyl (C=O) groups excluding carboxylic acids is 1. The van der Waals surface area contributed by atoms with Crippen molar-refractivity contribution >= 4 is 12.0 Å². The van der Waals surface area contributed by atoms with Gasteiger partial charge in [0.2, 0.25) is 5.91 Å². The molecule has 0 saturated heterocycles. The maximum atomic E-state index is 12.4. The van der Waals surface area contributed by atoms with Gasteiger partial charge in [-0.1, -0.05) is 62.7 Å². The fourth-order valence-electron chi connectivity index (χ4n) is 3.15. The Morgan fingerprint density at radius 1 is 1.15 bits per heavy atom. The number of hydrogen-bond donors (Lipinski definition) is 1. The van der Waals surface area contributed by atoms with Crippen molar-refractivity contribution < 1.29 is 9.53 Å². The molecule has 1 unspecified atom stereocenters. The van der Waals surface area contributed by atoms with Gasteiger partial charge in [-0.3, -0.25) is 4.79 Å². The van der Waals surface area contributed by atoms with Crippen molar-refractivity contribution in [2.24, 2.45) is 0 Å². The molecule has 0 saturated carbocycles. The first kappa shape index (κ1) is 18.2. The molecule has 3 nitrogen and oxygen atoms in total. The quantitative estimate of drug-likeness (QED) is 0.797. The number of benzene rings is 2. The molecular formula is C23H27NO2. The van der Waals surface area contributed by atoms with E-state index in [-0.39, 0.29) is 17.4 Å². The first-order chi connectivity index (χ1) is 12.3. The number of aryl methyl sites for hydroxylation is 1. The van der Waals surface area contributed by atoms with Gasteiger partial charge < -0.3 is 10.1 Å². The first-order valence-corrected chi connectivity index (χ1v) is 9.15. The third kappa shape index (κ3) is 4.34. The lowest BCUT2D eigenvalue weighted by molar-refractivity contribution is -0.117. The molecule has 2 aromatic rings. The van der Waals surface area contributed by atoms with E-state index in [1.54, 1.807) is 6.08 Å². The lowest BCUT2D eigenvalue weighted by Crippen LogP contribution is -2.31. The topological polar surface area (TPSA) is 38.3 Å². The standard InChI is InChI=1S/C23H27NO2/c1-16-5-11-21-19(15-16)20(13-14-26-21)24-22(25)12-8-17-6-9-18(10-7-17)23(2,3)4/h5-12,15,20H,13-14H2,1-4H3,(H,24,25)/b12-8+. The molecule has 3 heteroatoms. The van der Waals surface area contributed by atoms with Gasteiger partial charge in [0, 0.05) is 18.1 Å². The van der Waals surface area contributed by atoms with Gasteiger partial charge in [-0.2, -0.15) is 0 Å². The molecule has 1 aliphatic heterocycles. The molecule has 3 rings (SSSR count). The lowest BCUT2D eigenvalue weighted by Gasteiger charge is -2.26. The maximum absolute atomic E-state index is 12.4. The number of rotatable bonds is 3. The fraction of sp³-hybridized carbons (Fsp3) is 0.348. The van der Waals surface area contributed by atoms with Gasteiger partial charge in [0.1, 0.15) is 5.75 Å². The Labute approximate surface area is 156 Å². The highest BCUT2D eigenvalue weighted by Crippen LogP contribution is 2.32. The Balaban J connectivity index is 1.66. The maximum Gasteiger partial charge on any atom is 0.244 e. The van der Waals surface area contributed by atoms with Crippen molar-refractivity contribution in [2.45, 2.75) is 45.6 Å². The van der Waals surface area contributed by atoms with E-state index < -0.39 is 0 Å². The molecule has 1 atom stereocenters. The Morgan fingerprint density at radius 3 is 2.58 bits per heavy atom. The summed E-state index contributed by atoms with van der Waals surface area (Å²) in [7, 11) is 0. The summed E-state index contributed by atoms with van der Waals surface area (Å²) in [5, 5.41) is 3.10. The van der Waals surface area contributed by atoms with Gasteiger partial charge in [-0.25, -0.2) is 0 Å². The monoisotopic (exact) mass is 349 g/mol. The third-order valence-corrected chi connectivity index (χ3v) is 4.73. The molecule has 136 valence electrons. The molecule has 0 bridgehead atoms. The SMILES string of the molecule is Cc1ccc2c(c1)C(NC(=O)/C=C/c1ccc(C(C)(C)C)cc1)CCO2. The Bertz CT molecular complexity index is 813. The number of fused-ring (bicyclic) bond motifs is 1. The normalized spacial score (nSPS) is 16.8. The van der Waals surface area contributed by atoms with Gasteiger partial charge >= 0.3 is 0 Å². The predicted octanol–water partition coefficient (Wildman–Crippen LogP) is 4.95. The molecule has 2 aromatic carbocycles. The molecule has 1 amide bonds. The zero-order valence-corrected chi connectivity index (χ0v) is 16.0. The Hall–Kier alpha value is -2.55. The van der Waals surface area contributed by atoms with E-state index in [2.05, 4.69) is 63.3 Å². The predicted molar refractivity (Wildman–Crippen MR) is 106 cm³/mol. The van der Waals surface area contributed by atoms with Crippen LogP contribution in [0.15, 0.2) is 48.5 Å². The van der Waals surface area contributed by atoms with Crippen LogP contribution < -0.4 is 10.1 Å². The second-order valence-corrected chi connectivity index (χ2v) is 7.94. The minimum atomic E-state index is -0.0794. The number of nitrogens with one attached hydrogen (secondary N) is 1. The highest BCUT2D eigenvalue weighted by atomic mass is 16.5. The van der Waals surface area contributed by atoms with E-state index in [0.717, 1.165) is 23.3 Å². The van der Waals surface area contributed by atoms with Crippen LogP contribution in [0.4, 0.5) is 0 Å². The van der Waals surface area contributed by atoms with E-state index in [4.69, 9.17) is 4.74 Å². The van der Waals surface area contributed by atoms with Crippen molar-refractivity contribution in [1.82, 2.24) is 5.32 Å². The smallest absolute Gasteiger partial charge is 0.244 e. The average molecular weight is 349 g/mol. The highest BCUT2D eigenvalue weighted by Gasteiger charge is 2.22. The number of carbonyl (C=O) groups is 1. The number of hydrogen-bond acceptors (Lipinski definition) is 2. The number of amides is 1. The van der Waals surface area contributed by atoms with Crippen LogP contribution in [0.1, 0.15) is 55.5 Å². The van der Waals surface area contributed by atoms with E-state index in [1.165, 1.54) is 11.1 Å². The van der Waals surface area contributed by atoms with Gasteiger partial charge in [-0.15, -0.1) is 0 Å². The zero-order valence-electron chi connectivity index (χ0n) is 16.0. The summed E-state index contributed by atoms with van der Waals surface area (Å²) < 4.78 is 5.69. The molecule has 0 radical (unpaired) electrons. The second kappa shape index (κ2) is 7.36. The van der Waals surface area contributed by atoms with Crippen molar-refractivity contribution in [3.8, 4) is 5.75 Å². The molecule has 0 spiro atoms. The molecule has 26 heavy (non-hydrogen) atoms. The zero-order chi connectivity index (χ0) is 18.7. The van der Waals surface area contributed by atoms with Crippen LogP contribution in [-0.4, -0.2) is 12.5 Å². The molecule has 1 heterocycles. The van der Waals surface area contributed by atoms with Crippen LogP contribution in [-0.2, 0) is 10.2 Å². The van der Waals surface area contributed by atoms with Crippen LogP contribution in [0, 0.1) is 6.92 Å². The molecule has 1 N–H and O–H groups in total. The van der Waals surface area contributed by atoms with Gasteiger partial charge in [0.15, 0.2) is 0 Å². The largest absolute Gasteiger partial charge is 0.493 e. The van der Waals surface area contributed by atoms with Crippen molar-refractivity contribution in [1.29, 1.82) is 0 Å². The summed E-state index contributed by atoms with van der Waals surface area (Å²) >= 11 is 0. The summed E-state index contributed by atoms with van der Waals surface area (Å²) in [4.78, 5) is 12.4. The summed E-state index contributed by atoms with van der Waals surface area (Å²) in [5.41, 5.74) is 4.67. The fourth-order valence-corrected chi connectivity index (χ4v) is 3.15. The van der Waals surface area contributed by atoms with Crippen LogP contribution >= 0.6 is 0 Å². The lowest BCUT2D eigenvalue weighted by atomic mass is 9.87. The highest BCUT2D eigenvalue weighted by molar-refractivity contribution is 5.92. The van der Waals surface area contributed by atoms with E-state index in [9.17, 15) is 4.79 Å². The van der Waals surface area contributed by atoms with E-state index in [0.29, 0.717) is 6.61 Å². The molecule has 0 aliphatic carbocycles. The summed E-state index contributed by atoms with van der Waals surface area (Å²) in [6.45, 7) is 9.25. The van der Waals surface area contributed by atoms with E-state index in [1.807, 2.05) is 18.2 Å². The Morgan fingerprint density at radius 2 is 1.88 bits per heavy atom. The van der Waals surface area contributed by atoms with E-state index >= 15 is 0 Å². The molecule has 0 fully saturated rings. The Kier molecular flexibility index (Phi) is 5.17. The minimum absolute atomic E-state index is 0.000864. The van der Waals surface area contributed by atoms with Crippen molar-refractivity contribution in [3.63, 3.8) is 0 Å². The van der Waals surface area contributed by atoms with Gasteiger partial charge in [0.05, 0.1) is 12.6 Å². The van der Waals surface area contributed by atoms with Crippen LogP contribution in [0.3, 0.4) is 0 Å². The second-order valence-electron chi connectivity index (χ2n) is 7.94. The summed E-state index contributed by atoms with van der Waals surface area (Å²) in [5.74, 6) is 0.790. The van der Waals surface area contributed by atoms with Gasteiger partial charge in [0.25, 0.3) is 0 Å². The summed E-state index contributed by atoms with van der Waals surface area (Å²) in [6.07, 6.45) is 4.26. The summed E-state index contributed by atoms with van der Waals surface area (Å²) in [6, 6.07) is 14.5. The van der Waals surface area contributed by atoms with Crippen LogP contribution in [0.2, 0.25) is 0 Å². The third-order valence-electron chi connectivity index (χ3n) is 4.73. The van der Waals surface area contributed by atoms with Crippen molar-refractivity contribution in [2.75, 3.05) is 6.61 Å². The molecular weight excluding hydrogens is 322 g/mol. The van der Waals surface area contributed by atoms with Crippen molar-refractivity contribution in [3.05, 3.63) is 70.8 Å².